The molecule has 0 radical (unpaired) electrons. The predicted octanol–water partition coefficient (Wildman–Crippen LogP) is 4.71. The van der Waals surface area contributed by atoms with E-state index in [2.05, 4.69) is 30.7 Å². The van der Waals surface area contributed by atoms with E-state index < -0.39 is 24.5 Å². The summed E-state index contributed by atoms with van der Waals surface area (Å²) >= 11 is 6.10. The van der Waals surface area contributed by atoms with Crippen molar-refractivity contribution in [2.24, 2.45) is 0 Å². The Kier molecular flexibility index (Phi) is 7.03. The SMILES string of the molecule is O[C@H](c1ccccc1)[C@@H](c1ccc(-c2c(-[n+]3cnn[nH]3)ccc(Cl)c2F)cn1)n1cc(-c2ccnn2C(F)F)cn1. The molecule has 0 spiro atoms. The van der Waals surface area contributed by atoms with Gasteiger partial charge in [0.05, 0.1) is 28.2 Å². The number of hydrogen-bond acceptors (Lipinski definition) is 6. The summed E-state index contributed by atoms with van der Waals surface area (Å²) in [6, 6.07) is 15.8. The summed E-state index contributed by atoms with van der Waals surface area (Å²) in [6.07, 6.45) is 5.95. The maximum absolute atomic E-state index is 15.3. The third-order valence-electron chi connectivity index (χ3n) is 6.57. The number of rotatable bonds is 8. The van der Waals surface area contributed by atoms with Crippen molar-refractivity contribution in [3.8, 4) is 28.1 Å². The van der Waals surface area contributed by atoms with Crippen LogP contribution >= 0.6 is 11.6 Å². The van der Waals surface area contributed by atoms with Gasteiger partial charge in [-0.05, 0) is 29.8 Å². The summed E-state index contributed by atoms with van der Waals surface area (Å²) in [5, 5.41) is 29.5. The molecule has 0 saturated heterocycles. The maximum Gasteiger partial charge on any atom is 0.333 e. The van der Waals surface area contributed by atoms with Crippen LogP contribution in [-0.2, 0) is 0 Å². The van der Waals surface area contributed by atoms with Gasteiger partial charge in [0, 0.05) is 29.7 Å². The van der Waals surface area contributed by atoms with Crippen molar-refractivity contribution in [1.29, 1.82) is 0 Å². The van der Waals surface area contributed by atoms with E-state index in [-0.39, 0.29) is 16.3 Å². The molecule has 206 valence electrons. The normalized spacial score (nSPS) is 13.0. The van der Waals surface area contributed by atoms with Gasteiger partial charge in [0.2, 0.25) is 0 Å². The van der Waals surface area contributed by atoms with Gasteiger partial charge >= 0.3 is 6.55 Å². The molecule has 2 N–H and O–H groups in total. The maximum atomic E-state index is 15.3. The van der Waals surface area contributed by atoms with Crippen LogP contribution < -0.4 is 4.68 Å². The Bertz CT molecular complexity index is 1770. The Balaban J connectivity index is 1.43. The van der Waals surface area contributed by atoms with E-state index in [1.807, 2.05) is 6.07 Å². The molecule has 10 nitrogen and oxygen atoms in total. The molecule has 0 bridgehead atoms. The molecule has 6 rings (SSSR count). The van der Waals surface area contributed by atoms with Crippen LogP contribution in [0.15, 0.2) is 91.8 Å². The fraction of sp³-hybridized carbons (Fsp3) is 0.111. The van der Waals surface area contributed by atoms with E-state index in [4.69, 9.17) is 11.6 Å². The summed E-state index contributed by atoms with van der Waals surface area (Å²) in [7, 11) is 0. The molecule has 14 heteroatoms. The summed E-state index contributed by atoms with van der Waals surface area (Å²) < 4.78 is 45.7. The zero-order valence-electron chi connectivity index (χ0n) is 20.9. The Morgan fingerprint density at radius 3 is 2.49 bits per heavy atom. The molecule has 0 aliphatic heterocycles. The van der Waals surface area contributed by atoms with Gasteiger partial charge in [0.15, 0.2) is 11.0 Å². The van der Waals surface area contributed by atoms with Gasteiger partial charge in [-0.2, -0.15) is 19.0 Å². The molecule has 0 aliphatic carbocycles. The zero-order valence-corrected chi connectivity index (χ0v) is 21.7. The highest BCUT2D eigenvalue weighted by Crippen LogP contribution is 2.35. The summed E-state index contributed by atoms with van der Waals surface area (Å²) in [5.41, 5.74) is 2.49. The zero-order chi connectivity index (χ0) is 28.5. The highest BCUT2D eigenvalue weighted by atomic mass is 35.5. The number of pyridine rings is 1. The van der Waals surface area contributed by atoms with Crippen LogP contribution in [0.1, 0.15) is 30.0 Å². The van der Waals surface area contributed by atoms with Crippen LogP contribution in [0.3, 0.4) is 0 Å². The standard InChI is InChI=1S/C27H19ClF3N9O/c28-19-7-9-22(39-15-33-36-37-39)23(24(19)29)17-6-8-20(32-12-17)25(26(41)16-4-2-1-3-5-16)38-14-18(13-35-38)21-10-11-34-40(21)27(30)31/h1-15,25-27,41H/p+1/t25-,26-/m1/s1. The van der Waals surface area contributed by atoms with Gasteiger partial charge < -0.3 is 5.11 Å². The first-order valence-corrected chi connectivity index (χ1v) is 12.6. The lowest BCUT2D eigenvalue weighted by Gasteiger charge is -2.24. The number of H-pyrrole nitrogens is 1. The lowest BCUT2D eigenvalue weighted by molar-refractivity contribution is -0.659. The largest absolute Gasteiger partial charge is 0.386 e. The minimum absolute atomic E-state index is 0.0783. The Labute approximate surface area is 235 Å². The molecule has 41 heavy (non-hydrogen) atoms. The van der Waals surface area contributed by atoms with Crippen LogP contribution in [0, 0.1) is 5.82 Å². The van der Waals surface area contributed by atoms with Crippen LogP contribution in [0.4, 0.5) is 13.2 Å². The average molecular weight is 579 g/mol. The molecule has 0 saturated carbocycles. The second kappa shape index (κ2) is 10.9. The van der Waals surface area contributed by atoms with E-state index in [1.54, 1.807) is 48.7 Å². The van der Waals surface area contributed by atoms with Crippen LogP contribution in [0.2, 0.25) is 5.02 Å². The molecule has 4 aromatic heterocycles. The van der Waals surface area contributed by atoms with Gasteiger partial charge in [-0.25, -0.2) is 9.07 Å². The number of aromatic amines is 1. The number of aliphatic hydroxyl groups excluding tert-OH is 1. The van der Waals surface area contributed by atoms with Gasteiger partial charge in [-0.3, -0.25) is 9.67 Å². The molecule has 0 aliphatic rings. The number of nitrogens with one attached hydrogen (secondary N) is 1. The molecular weight excluding hydrogens is 559 g/mol. The Morgan fingerprint density at radius 1 is 0.951 bits per heavy atom. The number of aliphatic hydroxyl groups is 1. The molecule has 0 amide bonds. The van der Waals surface area contributed by atoms with Crippen LogP contribution in [-0.4, -0.2) is 45.2 Å². The molecule has 2 atom stereocenters. The van der Waals surface area contributed by atoms with Crippen LogP contribution in [0.5, 0.6) is 0 Å². The first-order valence-electron chi connectivity index (χ1n) is 12.2. The Hall–Kier alpha value is -4.88. The number of nitrogens with zero attached hydrogens (tertiary/aromatic N) is 8. The minimum Gasteiger partial charge on any atom is -0.386 e. The third-order valence-corrected chi connectivity index (χ3v) is 6.86. The molecule has 0 unspecified atom stereocenters. The molecule has 0 fully saturated rings. The van der Waals surface area contributed by atoms with E-state index in [0.717, 1.165) is 0 Å². The second-order valence-corrected chi connectivity index (χ2v) is 9.38. The average Bonchev–Trinajstić information content (AvgIpc) is 3.78. The quantitative estimate of drug-likeness (QED) is 0.253. The van der Waals surface area contributed by atoms with E-state index >= 15 is 4.39 Å². The monoisotopic (exact) mass is 578 g/mol. The fourth-order valence-electron chi connectivity index (χ4n) is 4.63. The number of hydrogen-bond donors (Lipinski definition) is 2. The topological polar surface area (TPSA) is 114 Å². The number of alkyl halides is 2. The lowest BCUT2D eigenvalue weighted by Crippen LogP contribution is -2.33. The van der Waals surface area contributed by atoms with Gasteiger partial charge in [-0.1, -0.05) is 53.2 Å². The number of halogens is 4. The summed E-state index contributed by atoms with van der Waals surface area (Å²) in [6.45, 7) is -2.84. The van der Waals surface area contributed by atoms with Crippen molar-refractivity contribution in [3.63, 3.8) is 0 Å². The molecular formula is C27H20ClF3N9O+. The first-order chi connectivity index (χ1) is 19.9. The predicted molar refractivity (Wildman–Crippen MR) is 140 cm³/mol. The van der Waals surface area contributed by atoms with E-state index in [0.29, 0.717) is 32.8 Å². The van der Waals surface area contributed by atoms with E-state index in [9.17, 15) is 13.9 Å². The number of benzene rings is 2. The van der Waals surface area contributed by atoms with Crippen molar-refractivity contribution < 1.29 is 23.0 Å². The van der Waals surface area contributed by atoms with Crippen molar-refractivity contribution in [1.82, 2.24) is 40.1 Å². The fourth-order valence-corrected chi connectivity index (χ4v) is 4.79. The molecule has 4 heterocycles. The number of tetrazole rings is 1. The van der Waals surface area contributed by atoms with Crippen molar-refractivity contribution in [2.75, 3.05) is 0 Å². The highest BCUT2D eigenvalue weighted by Gasteiger charge is 2.28. The van der Waals surface area contributed by atoms with Gasteiger partial charge in [-0.15, -0.1) is 4.68 Å². The summed E-state index contributed by atoms with van der Waals surface area (Å²) in [4.78, 5) is 4.57. The first kappa shape index (κ1) is 26.3. The smallest absolute Gasteiger partial charge is 0.333 e. The second-order valence-electron chi connectivity index (χ2n) is 8.98. The highest BCUT2D eigenvalue weighted by molar-refractivity contribution is 6.31. The van der Waals surface area contributed by atoms with Crippen LogP contribution in [0.25, 0.3) is 28.1 Å². The third kappa shape index (κ3) is 4.96. The molecule has 6 aromatic rings. The van der Waals surface area contributed by atoms with Gasteiger partial charge in [0.1, 0.15) is 22.9 Å². The summed E-state index contributed by atoms with van der Waals surface area (Å²) in [5.74, 6) is -0.658. The number of aromatic nitrogens is 9. The lowest BCUT2D eigenvalue weighted by atomic mass is 9.98. The van der Waals surface area contributed by atoms with E-state index in [1.165, 1.54) is 46.4 Å². The van der Waals surface area contributed by atoms with Gasteiger partial charge in [0.25, 0.3) is 6.33 Å². The van der Waals surface area contributed by atoms with Crippen molar-refractivity contribution >= 4 is 11.6 Å². The molecule has 2 aromatic carbocycles. The van der Waals surface area contributed by atoms with Crippen molar-refractivity contribution in [3.05, 3.63) is 114 Å². The van der Waals surface area contributed by atoms with Crippen molar-refractivity contribution in [2.45, 2.75) is 18.7 Å². The minimum atomic E-state index is -2.84. The Morgan fingerprint density at radius 2 is 1.78 bits per heavy atom.